The van der Waals surface area contributed by atoms with Gasteiger partial charge in [0.1, 0.15) is 23.6 Å². The predicted molar refractivity (Wildman–Crippen MR) is 108 cm³/mol. The molecule has 1 aliphatic rings. The van der Waals surface area contributed by atoms with E-state index in [1.54, 1.807) is 26.0 Å². The molecular weight excluding hydrogens is 393 g/mol. The highest BCUT2D eigenvalue weighted by Gasteiger charge is 2.36. The first-order chi connectivity index (χ1) is 14.2. The number of rotatable bonds is 5. The van der Waals surface area contributed by atoms with Crippen LogP contribution in [0.2, 0.25) is 0 Å². The number of H-pyrrole nitrogens is 1. The maximum atomic E-state index is 14.4. The molecule has 1 unspecified atom stereocenters. The van der Waals surface area contributed by atoms with Crippen molar-refractivity contribution in [2.75, 3.05) is 0 Å². The van der Waals surface area contributed by atoms with Crippen molar-refractivity contribution in [1.82, 2.24) is 10.3 Å². The number of aromatic nitrogens is 1. The lowest BCUT2D eigenvalue weighted by Crippen LogP contribution is -2.48. The van der Waals surface area contributed by atoms with E-state index in [1.165, 1.54) is 18.2 Å². The fourth-order valence-electron chi connectivity index (χ4n) is 4.07. The van der Waals surface area contributed by atoms with Gasteiger partial charge in [0, 0.05) is 17.5 Å². The lowest BCUT2D eigenvalue weighted by Gasteiger charge is -2.37. The van der Waals surface area contributed by atoms with Gasteiger partial charge in [-0.3, -0.25) is 4.79 Å². The second kappa shape index (κ2) is 7.80. The summed E-state index contributed by atoms with van der Waals surface area (Å²) in [6.07, 6.45) is 0.0844. The molecule has 1 atom stereocenters. The van der Waals surface area contributed by atoms with Gasteiger partial charge in [-0.25, -0.2) is 13.2 Å². The summed E-state index contributed by atoms with van der Waals surface area (Å²) in [5.74, 6) is -2.39. The Labute approximate surface area is 172 Å². The maximum absolute atomic E-state index is 14.4. The number of benzene rings is 2. The Balaban J connectivity index is 1.66. The minimum absolute atomic E-state index is 0.0403. The predicted octanol–water partition coefficient (Wildman–Crippen LogP) is 4.63. The number of carbonyl (C=O) groups excluding carboxylic acids is 1. The van der Waals surface area contributed by atoms with Gasteiger partial charge >= 0.3 is 0 Å². The fraction of sp³-hybridized carbons (Fsp3) is 0.348. The van der Waals surface area contributed by atoms with Crippen LogP contribution >= 0.6 is 0 Å². The average molecular weight is 416 g/mol. The number of aliphatic hydroxyl groups excluding tert-OH is 1. The third-order valence-electron chi connectivity index (χ3n) is 5.79. The highest BCUT2D eigenvalue weighted by molar-refractivity contribution is 5.92. The molecule has 1 aliphatic carbocycles. The van der Waals surface area contributed by atoms with Crippen molar-refractivity contribution in [3.63, 3.8) is 0 Å². The molecule has 0 spiro atoms. The summed E-state index contributed by atoms with van der Waals surface area (Å²) in [6, 6.07) is 7.82. The van der Waals surface area contributed by atoms with Crippen molar-refractivity contribution >= 4 is 16.8 Å². The van der Waals surface area contributed by atoms with Crippen molar-refractivity contribution in [1.29, 1.82) is 0 Å². The molecule has 3 aromatic rings. The van der Waals surface area contributed by atoms with E-state index in [4.69, 9.17) is 0 Å². The number of nitrogens with one attached hydrogen (secondary N) is 2. The molecule has 1 fully saturated rings. The third kappa shape index (κ3) is 3.69. The lowest BCUT2D eigenvalue weighted by molar-refractivity contribution is -0.132. The summed E-state index contributed by atoms with van der Waals surface area (Å²) in [6.45, 7) is 3.52. The molecular formula is C23H23F3N2O2. The van der Waals surface area contributed by atoms with E-state index in [2.05, 4.69) is 10.3 Å². The first-order valence-electron chi connectivity index (χ1n) is 9.99. The second-order valence-corrected chi connectivity index (χ2v) is 8.29. The van der Waals surface area contributed by atoms with Gasteiger partial charge in [0.25, 0.3) is 0 Å². The van der Waals surface area contributed by atoms with Crippen molar-refractivity contribution in [2.45, 2.75) is 44.8 Å². The van der Waals surface area contributed by atoms with Crippen LogP contribution < -0.4 is 5.32 Å². The van der Waals surface area contributed by atoms with E-state index in [-0.39, 0.29) is 29.2 Å². The van der Waals surface area contributed by atoms with Gasteiger partial charge in [-0.2, -0.15) is 0 Å². The van der Waals surface area contributed by atoms with Gasteiger partial charge in [0.2, 0.25) is 5.91 Å². The molecule has 0 aliphatic heterocycles. The smallest absolute Gasteiger partial charge is 0.249 e. The zero-order valence-electron chi connectivity index (χ0n) is 16.7. The highest BCUT2D eigenvalue weighted by atomic mass is 19.1. The molecule has 0 radical (unpaired) electrons. The van der Waals surface area contributed by atoms with E-state index in [0.717, 1.165) is 11.6 Å². The molecule has 7 heteroatoms. The summed E-state index contributed by atoms with van der Waals surface area (Å²) in [7, 11) is 0. The summed E-state index contributed by atoms with van der Waals surface area (Å²) >= 11 is 0. The second-order valence-electron chi connectivity index (χ2n) is 8.29. The van der Waals surface area contributed by atoms with Gasteiger partial charge in [0.05, 0.1) is 11.2 Å². The quantitative estimate of drug-likeness (QED) is 0.568. The van der Waals surface area contributed by atoms with Crippen molar-refractivity contribution < 1.29 is 23.1 Å². The summed E-state index contributed by atoms with van der Waals surface area (Å²) in [5.41, 5.74) is 2.25. The normalized spacial score (nSPS) is 19.7. The van der Waals surface area contributed by atoms with Crippen LogP contribution in [0.15, 0.2) is 36.4 Å². The van der Waals surface area contributed by atoms with Crippen LogP contribution in [0.4, 0.5) is 13.2 Å². The Morgan fingerprint density at radius 3 is 2.40 bits per heavy atom. The van der Waals surface area contributed by atoms with Crippen LogP contribution in [0.5, 0.6) is 0 Å². The number of fused-ring (bicyclic) bond motifs is 1. The van der Waals surface area contributed by atoms with Gasteiger partial charge in [-0.05, 0) is 66.1 Å². The Bertz CT molecular complexity index is 1090. The summed E-state index contributed by atoms with van der Waals surface area (Å²) < 4.78 is 41.7. The van der Waals surface area contributed by atoms with Crippen molar-refractivity contribution in [3.05, 3.63) is 59.4 Å². The number of aromatic amines is 1. The lowest BCUT2D eigenvalue weighted by atomic mass is 9.74. The van der Waals surface area contributed by atoms with Gasteiger partial charge in [0.15, 0.2) is 0 Å². The van der Waals surface area contributed by atoms with Crippen LogP contribution in [0.25, 0.3) is 22.2 Å². The van der Waals surface area contributed by atoms with E-state index >= 15 is 0 Å². The zero-order chi connectivity index (χ0) is 21.6. The van der Waals surface area contributed by atoms with Gasteiger partial charge in [-0.1, -0.05) is 13.8 Å². The molecule has 158 valence electrons. The third-order valence-corrected chi connectivity index (χ3v) is 5.79. The monoisotopic (exact) mass is 416 g/mol. The van der Waals surface area contributed by atoms with Gasteiger partial charge < -0.3 is 15.4 Å². The van der Waals surface area contributed by atoms with Crippen LogP contribution in [-0.4, -0.2) is 28.1 Å². The minimum Gasteiger partial charge on any atom is -0.383 e. The summed E-state index contributed by atoms with van der Waals surface area (Å²) in [4.78, 5) is 15.1. The SMILES string of the molecule is CC(C)C(O)C(=O)NC1CC(c2c(-c3ccc(F)cc3)[nH]c3c(F)cc(F)cc23)C1. The van der Waals surface area contributed by atoms with Crippen LogP contribution in [-0.2, 0) is 4.79 Å². The average Bonchev–Trinajstić information content (AvgIpc) is 3.03. The molecule has 2 aromatic carbocycles. The van der Waals surface area contributed by atoms with Gasteiger partial charge in [-0.15, -0.1) is 0 Å². The largest absolute Gasteiger partial charge is 0.383 e. The number of halogens is 3. The number of hydrogen-bond acceptors (Lipinski definition) is 2. The van der Waals surface area contributed by atoms with Crippen LogP contribution in [0.1, 0.15) is 38.2 Å². The maximum Gasteiger partial charge on any atom is 0.249 e. The van der Waals surface area contributed by atoms with E-state index in [0.29, 0.717) is 29.5 Å². The topological polar surface area (TPSA) is 65.1 Å². The minimum atomic E-state index is -1.07. The van der Waals surface area contributed by atoms with E-state index in [1.807, 2.05) is 0 Å². The Hall–Kier alpha value is -2.80. The first kappa shape index (κ1) is 20.5. The first-order valence-corrected chi connectivity index (χ1v) is 9.99. The molecule has 3 N–H and O–H groups in total. The Morgan fingerprint density at radius 1 is 1.10 bits per heavy atom. The Kier molecular flexibility index (Phi) is 5.32. The van der Waals surface area contributed by atoms with Crippen LogP contribution in [0.3, 0.4) is 0 Å². The highest BCUT2D eigenvalue weighted by Crippen LogP contribution is 2.45. The number of amides is 1. The molecule has 1 amide bonds. The molecule has 30 heavy (non-hydrogen) atoms. The molecule has 0 bridgehead atoms. The number of hydrogen-bond donors (Lipinski definition) is 3. The number of aliphatic hydroxyl groups is 1. The van der Waals surface area contributed by atoms with Crippen molar-refractivity contribution in [2.24, 2.45) is 5.92 Å². The Morgan fingerprint density at radius 2 is 1.77 bits per heavy atom. The molecule has 4 nitrogen and oxygen atoms in total. The van der Waals surface area contributed by atoms with E-state index < -0.39 is 23.6 Å². The van der Waals surface area contributed by atoms with Crippen molar-refractivity contribution in [3.8, 4) is 11.3 Å². The standard InChI is InChI=1S/C23H23F3N2O2/c1-11(2)22(29)23(30)27-16-7-13(8-16)19-17-9-15(25)10-18(26)21(17)28-20(19)12-3-5-14(24)6-4-12/h3-6,9-11,13,16,22,28-29H,7-8H2,1-2H3,(H,27,30). The zero-order valence-corrected chi connectivity index (χ0v) is 16.7. The number of carbonyl (C=O) groups is 1. The summed E-state index contributed by atoms with van der Waals surface area (Å²) in [5, 5.41) is 13.2. The van der Waals surface area contributed by atoms with E-state index in [9.17, 15) is 23.1 Å². The molecule has 4 rings (SSSR count). The molecule has 1 heterocycles. The molecule has 0 saturated heterocycles. The molecule has 1 aromatic heterocycles. The fourth-order valence-corrected chi connectivity index (χ4v) is 4.07. The van der Waals surface area contributed by atoms with Crippen LogP contribution in [0, 0.1) is 23.4 Å². The molecule has 1 saturated carbocycles.